The minimum atomic E-state index is -3.73. The molecule has 0 atom stereocenters. The van der Waals surface area contributed by atoms with Crippen molar-refractivity contribution in [2.24, 2.45) is 0 Å². The fourth-order valence-corrected chi connectivity index (χ4v) is 3.89. The summed E-state index contributed by atoms with van der Waals surface area (Å²) in [5, 5.41) is 9.55. The van der Waals surface area contributed by atoms with Gasteiger partial charge < -0.3 is 5.11 Å². The van der Waals surface area contributed by atoms with Crippen LogP contribution in [0, 0.1) is 13.8 Å². The number of benzene rings is 1. The van der Waals surface area contributed by atoms with Crippen molar-refractivity contribution in [2.75, 3.05) is 4.72 Å². The number of hydrogen-bond donors (Lipinski definition) is 2. The molecule has 0 amide bonds. The highest BCUT2D eigenvalue weighted by atomic mass is 35.5. The standard InChI is InChI=1S/C12H13ClN2O3S2/c1-7-8(2)19-12(14-7)15-20(17,18)10-4-3-9(6-16)11(13)5-10/h3-5,16H,6H2,1-2H3,(H,14,15). The van der Waals surface area contributed by atoms with Crippen LogP contribution in [0.4, 0.5) is 5.13 Å². The van der Waals surface area contributed by atoms with Crippen molar-refractivity contribution in [3.8, 4) is 0 Å². The Balaban J connectivity index is 2.33. The topological polar surface area (TPSA) is 79.3 Å². The number of anilines is 1. The molecule has 0 aliphatic heterocycles. The van der Waals surface area contributed by atoms with E-state index < -0.39 is 10.0 Å². The van der Waals surface area contributed by atoms with E-state index in [0.29, 0.717) is 10.7 Å². The van der Waals surface area contributed by atoms with Crippen LogP contribution in [0.2, 0.25) is 5.02 Å². The molecule has 1 aromatic heterocycles. The quantitative estimate of drug-likeness (QED) is 0.902. The molecule has 2 rings (SSSR count). The van der Waals surface area contributed by atoms with Gasteiger partial charge >= 0.3 is 0 Å². The largest absolute Gasteiger partial charge is 0.392 e. The summed E-state index contributed by atoms with van der Waals surface area (Å²) < 4.78 is 26.8. The average Bonchev–Trinajstić information content (AvgIpc) is 2.67. The van der Waals surface area contributed by atoms with Gasteiger partial charge in [-0.1, -0.05) is 17.7 Å². The van der Waals surface area contributed by atoms with Gasteiger partial charge in [0.15, 0.2) is 5.13 Å². The molecule has 8 heteroatoms. The minimum absolute atomic E-state index is 0.0326. The number of sulfonamides is 1. The zero-order valence-electron chi connectivity index (χ0n) is 10.8. The monoisotopic (exact) mass is 332 g/mol. The van der Waals surface area contributed by atoms with Gasteiger partial charge in [0.1, 0.15) is 0 Å². The molecule has 2 aromatic rings. The van der Waals surface area contributed by atoms with Crippen molar-refractivity contribution < 1.29 is 13.5 Å². The van der Waals surface area contributed by atoms with Gasteiger partial charge in [-0.25, -0.2) is 13.4 Å². The molecule has 1 heterocycles. The molecule has 2 N–H and O–H groups in total. The number of aromatic nitrogens is 1. The second kappa shape index (κ2) is 5.69. The molecular formula is C12H13ClN2O3S2. The zero-order chi connectivity index (χ0) is 14.9. The lowest BCUT2D eigenvalue weighted by Crippen LogP contribution is -2.13. The Morgan fingerprint density at radius 1 is 1.40 bits per heavy atom. The predicted octanol–water partition coefficient (Wildman–Crippen LogP) is 2.71. The van der Waals surface area contributed by atoms with Crippen molar-refractivity contribution in [1.82, 2.24) is 4.98 Å². The van der Waals surface area contributed by atoms with E-state index in [1.165, 1.54) is 29.5 Å². The van der Waals surface area contributed by atoms with Crippen LogP contribution in [0.25, 0.3) is 0 Å². The summed E-state index contributed by atoms with van der Waals surface area (Å²) in [6.07, 6.45) is 0. The number of halogens is 1. The number of thiazole rings is 1. The third-order valence-electron chi connectivity index (χ3n) is 2.76. The van der Waals surface area contributed by atoms with Gasteiger partial charge in [0.2, 0.25) is 0 Å². The molecule has 0 aliphatic rings. The molecule has 0 unspecified atom stereocenters. The summed E-state index contributed by atoms with van der Waals surface area (Å²) >= 11 is 7.18. The van der Waals surface area contributed by atoms with Gasteiger partial charge in [-0.05, 0) is 31.5 Å². The van der Waals surface area contributed by atoms with E-state index in [-0.39, 0.29) is 16.5 Å². The van der Waals surface area contributed by atoms with Gasteiger partial charge in [0.25, 0.3) is 10.0 Å². The summed E-state index contributed by atoms with van der Waals surface area (Å²) in [4.78, 5) is 5.12. The lowest BCUT2D eigenvalue weighted by molar-refractivity contribution is 0.282. The molecular weight excluding hydrogens is 320 g/mol. The molecule has 0 radical (unpaired) electrons. The molecule has 0 fully saturated rings. The first kappa shape index (κ1) is 15.2. The molecule has 1 aromatic carbocycles. The van der Waals surface area contributed by atoms with Gasteiger partial charge in [0.05, 0.1) is 17.2 Å². The molecule has 5 nitrogen and oxygen atoms in total. The summed E-state index contributed by atoms with van der Waals surface area (Å²) in [5.74, 6) is 0. The Hall–Kier alpha value is -1.15. The zero-order valence-corrected chi connectivity index (χ0v) is 13.2. The Bertz CT molecular complexity index is 722. The third-order valence-corrected chi connectivity index (χ3v) is 5.56. The second-order valence-electron chi connectivity index (χ2n) is 4.18. The molecule has 0 saturated carbocycles. The van der Waals surface area contributed by atoms with E-state index in [0.717, 1.165) is 10.6 Å². The van der Waals surface area contributed by atoms with Crippen LogP contribution in [0.15, 0.2) is 23.1 Å². The first-order chi connectivity index (χ1) is 9.33. The van der Waals surface area contributed by atoms with Crippen LogP contribution in [0.1, 0.15) is 16.1 Å². The van der Waals surface area contributed by atoms with Crippen molar-refractivity contribution in [1.29, 1.82) is 0 Å². The number of nitrogens with zero attached hydrogens (tertiary/aromatic N) is 1. The summed E-state index contributed by atoms with van der Waals surface area (Å²) in [6.45, 7) is 3.45. The minimum Gasteiger partial charge on any atom is -0.392 e. The van der Waals surface area contributed by atoms with E-state index in [2.05, 4.69) is 9.71 Å². The van der Waals surface area contributed by atoms with Crippen LogP contribution >= 0.6 is 22.9 Å². The summed E-state index contributed by atoms with van der Waals surface area (Å²) in [6, 6.07) is 4.19. The molecule has 0 saturated heterocycles. The van der Waals surface area contributed by atoms with Crippen LogP contribution in [0.5, 0.6) is 0 Å². The van der Waals surface area contributed by atoms with Crippen LogP contribution in [0.3, 0.4) is 0 Å². The maximum Gasteiger partial charge on any atom is 0.263 e. The first-order valence-corrected chi connectivity index (χ1v) is 8.37. The van der Waals surface area contributed by atoms with Gasteiger partial charge in [-0.3, -0.25) is 4.72 Å². The Labute approximate surface area is 126 Å². The lowest BCUT2D eigenvalue weighted by Gasteiger charge is -2.07. The van der Waals surface area contributed by atoms with Crippen molar-refractivity contribution >= 4 is 38.1 Å². The van der Waals surface area contributed by atoms with E-state index in [4.69, 9.17) is 16.7 Å². The number of rotatable bonds is 4. The summed E-state index contributed by atoms with van der Waals surface area (Å²) in [7, 11) is -3.73. The molecule has 108 valence electrons. The van der Waals surface area contributed by atoms with E-state index in [1.807, 2.05) is 13.8 Å². The van der Waals surface area contributed by atoms with Gasteiger partial charge in [0, 0.05) is 9.90 Å². The molecule has 0 bridgehead atoms. The van der Waals surface area contributed by atoms with Crippen LogP contribution < -0.4 is 4.72 Å². The second-order valence-corrected chi connectivity index (χ2v) is 7.47. The number of aliphatic hydroxyl groups excluding tert-OH is 1. The van der Waals surface area contributed by atoms with Crippen molar-refractivity contribution in [2.45, 2.75) is 25.3 Å². The van der Waals surface area contributed by atoms with E-state index >= 15 is 0 Å². The molecule has 20 heavy (non-hydrogen) atoms. The Morgan fingerprint density at radius 2 is 2.10 bits per heavy atom. The van der Waals surface area contributed by atoms with Gasteiger partial charge in [-0.2, -0.15) is 0 Å². The first-order valence-electron chi connectivity index (χ1n) is 5.69. The number of aryl methyl sites for hydroxylation is 2. The highest BCUT2D eigenvalue weighted by molar-refractivity contribution is 7.93. The number of nitrogens with one attached hydrogen (secondary N) is 1. The third kappa shape index (κ3) is 3.12. The van der Waals surface area contributed by atoms with Gasteiger partial charge in [-0.15, -0.1) is 11.3 Å². The maximum atomic E-state index is 12.2. The Kier molecular flexibility index (Phi) is 4.33. The fourth-order valence-electron chi connectivity index (χ4n) is 1.51. The number of aliphatic hydroxyl groups is 1. The van der Waals surface area contributed by atoms with E-state index in [1.54, 1.807) is 0 Å². The predicted molar refractivity (Wildman–Crippen MR) is 79.8 cm³/mol. The highest BCUT2D eigenvalue weighted by Crippen LogP contribution is 2.26. The lowest BCUT2D eigenvalue weighted by atomic mass is 10.2. The molecule has 0 aliphatic carbocycles. The van der Waals surface area contributed by atoms with Crippen molar-refractivity contribution in [3.05, 3.63) is 39.4 Å². The normalized spacial score (nSPS) is 11.6. The SMILES string of the molecule is Cc1nc(NS(=O)(=O)c2ccc(CO)c(Cl)c2)sc1C. The molecule has 0 spiro atoms. The highest BCUT2D eigenvalue weighted by Gasteiger charge is 2.18. The maximum absolute atomic E-state index is 12.2. The number of hydrogen-bond acceptors (Lipinski definition) is 5. The average molecular weight is 333 g/mol. The van der Waals surface area contributed by atoms with Crippen LogP contribution in [-0.2, 0) is 16.6 Å². The fraction of sp³-hybridized carbons (Fsp3) is 0.250. The Morgan fingerprint density at radius 3 is 2.60 bits per heavy atom. The smallest absolute Gasteiger partial charge is 0.263 e. The summed E-state index contributed by atoms with van der Waals surface area (Å²) in [5.41, 5.74) is 1.27. The van der Waals surface area contributed by atoms with Crippen LogP contribution in [-0.4, -0.2) is 18.5 Å². The van der Waals surface area contributed by atoms with E-state index in [9.17, 15) is 8.42 Å². The van der Waals surface area contributed by atoms with Crippen molar-refractivity contribution in [3.63, 3.8) is 0 Å².